The summed E-state index contributed by atoms with van der Waals surface area (Å²) in [5.41, 5.74) is 1.90. The van der Waals surface area contributed by atoms with Crippen molar-refractivity contribution in [3.63, 3.8) is 0 Å². The summed E-state index contributed by atoms with van der Waals surface area (Å²) in [5, 5.41) is 19.9. The van der Waals surface area contributed by atoms with E-state index in [1.165, 1.54) is 7.11 Å². The van der Waals surface area contributed by atoms with Gasteiger partial charge in [-0.05, 0) is 12.8 Å². The van der Waals surface area contributed by atoms with Crippen LogP contribution in [0.4, 0.5) is 0 Å². The minimum absolute atomic E-state index is 0.0728. The van der Waals surface area contributed by atoms with Crippen LogP contribution < -0.4 is 0 Å². The Hall–Kier alpha value is -2.04. The van der Waals surface area contributed by atoms with E-state index >= 15 is 0 Å². The molecule has 0 spiro atoms. The predicted molar refractivity (Wildman–Crippen MR) is 60.7 cm³/mol. The first-order valence-electron chi connectivity index (χ1n) is 5.76. The summed E-state index contributed by atoms with van der Waals surface area (Å²) in [7, 11) is 1.23. The topological polar surface area (TPSA) is 83.8 Å². The number of esters is 1. The minimum Gasteiger partial charge on any atom is -0.507 e. The number of benzene rings is 1. The largest absolute Gasteiger partial charge is 0.507 e. The summed E-state index contributed by atoms with van der Waals surface area (Å²) in [6.07, 6.45) is 1.22. The Labute approximate surface area is 103 Å². The van der Waals surface area contributed by atoms with Crippen LogP contribution in [0.15, 0.2) is 0 Å². The van der Waals surface area contributed by atoms with Gasteiger partial charge in [-0.2, -0.15) is 0 Å². The van der Waals surface area contributed by atoms with Gasteiger partial charge in [0.1, 0.15) is 17.4 Å². The van der Waals surface area contributed by atoms with Crippen molar-refractivity contribution < 1.29 is 24.5 Å². The van der Waals surface area contributed by atoms with E-state index in [0.717, 1.165) is 5.56 Å². The highest BCUT2D eigenvalue weighted by Crippen LogP contribution is 2.50. The van der Waals surface area contributed by atoms with E-state index in [2.05, 4.69) is 4.74 Å². The molecule has 2 aliphatic carbocycles. The SMILES string of the molecule is COC(=O)C1CCc2c(O)c3c(c(O)c2C1=O)C3. The summed E-state index contributed by atoms with van der Waals surface area (Å²) in [6, 6.07) is 0. The number of ether oxygens (including phenoxy) is 1. The third-order valence-electron chi connectivity index (χ3n) is 3.72. The predicted octanol–water partition coefficient (Wildman–Crippen LogP) is 0.920. The molecule has 0 aromatic heterocycles. The number of phenols is 2. The van der Waals surface area contributed by atoms with Crippen LogP contribution in [0.5, 0.6) is 11.5 Å². The van der Waals surface area contributed by atoms with Crippen molar-refractivity contribution in [2.45, 2.75) is 19.3 Å². The summed E-state index contributed by atoms with van der Waals surface area (Å²) in [5.74, 6) is -1.88. The van der Waals surface area contributed by atoms with Crippen LogP contribution in [0.25, 0.3) is 0 Å². The summed E-state index contributed by atoms with van der Waals surface area (Å²) in [6.45, 7) is 0. The standard InChI is InChI=1S/C13H12O5/c1-18-13(17)6-3-2-5-9(11(6)15)12(16)8-4-7(8)10(5)14/h6,14,16H,2-4H2,1H3. The first-order valence-corrected chi connectivity index (χ1v) is 5.76. The lowest BCUT2D eigenvalue weighted by molar-refractivity contribution is -0.143. The van der Waals surface area contributed by atoms with E-state index in [1.807, 2.05) is 0 Å². The molecule has 1 aromatic rings. The fourth-order valence-electron chi connectivity index (χ4n) is 2.65. The molecule has 5 heteroatoms. The second-order valence-corrected chi connectivity index (χ2v) is 4.66. The molecule has 2 aliphatic rings. The Morgan fingerprint density at radius 2 is 1.89 bits per heavy atom. The molecule has 0 fully saturated rings. The molecule has 1 unspecified atom stereocenters. The molecular weight excluding hydrogens is 236 g/mol. The Balaban J connectivity index is 2.12. The maximum absolute atomic E-state index is 12.2. The van der Waals surface area contributed by atoms with Crippen LogP contribution >= 0.6 is 0 Å². The van der Waals surface area contributed by atoms with Crippen LogP contribution in [0.1, 0.15) is 33.5 Å². The van der Waals surface area contributed by atoms with E-state index in [-0.39, 0.29) is 17.1 Å². The lowest BCUT2D eigenvalue weighted by Crippen LogP contribution is -2.30. The molecule has 0 bridgehead atoms. The normalized spacial score (nSPS) is 20.1. The monoisotopic (exact) mass is 248 g/mol. The van der Waals surface area contributed by atoms with E-state index in [4.69, 9.17) is 0 Å². The van der Waals surface area contributed by atoms with Gasteiger partial charge < -0.3 is 14.9 Å². The van der Waals surface area contributed by atoms with E-state index < -0.39 is 17.7 Å². The lowest BCUT2D eigenvalue weighted by Gasteiger charge is -2.22. The van der Waals surface area contributed by atoms with Gasteiger partial charge in [0.2, 0.25) is 0 Å². The highest BCUT2D eigenvalue weighted by molar-refractivity contribution is 6.12. The molecule has 5 nitrogen and oxygen atoms in total. The number of carbonyl (C=O) groups is 2. The van der Waals surface area contributed by atoms with Gasteiger partial charge in [0.25, 0.3) is 0 Å². The number of aromatic hydroxyl groups is 2. The fraction of sp³-hybridized carbons (Fsp3) is 0.385. The molecule has 0 heterocycles. The van der Waals surface area contributed by atoms with Crippen LogP contribution in [0, 0.1) is 5.92 Å². The first-order chi connectivity index (χ1) is 8.56. The molecule has 1 atom stereocenters. The third-order valence-corrected chi connectivity index (χ3v) is 3.72. The first kappa shape index (κ1) is 11.1. The lowest BCUT2D eigenvalue weighted by atomic mass is 9.82. The zero-order valence-corrected chi connectivity index (χ0v) is 9.82. The zero-order chi connectivity index (χ0) is 13.0. The minimum atomic E-state index is -0.871. The fourth-order valence-corrected chi connectivity index (χ4v) is 2.65. The number of carbonyl (C=O) groups excluding carboxylic acids is 2. The van der Waals surface area contributed by atoms with Crippen molar-refractivity contribution in [2.24, 2.45) is 5.92 Å². The van der Waals surface area contributed by atoms with E-state index in [9.17, 15) is 19.8 Å². The molecule has 94 valence electrons. The highest BCUT2D eigenvalue weighted by Gasteiger charge is 2.41. The molecule has 0 radical (unpaired) electrons. The van der Waals surface area contributed by atoms with Gasteiger partial charge in [-0.1, -0.05) is 0 Å². The van der Waals surface area contributed by atoms with Crippen LogP contribution in [-0.4, -0.2) is 29.1 Å². The van der Waals surface area contributed by atoms with Gasteiger partial charge >= 0.3 is 5.97 Å². The Morgan fingerprint density at radius 3 is 2.56 bits per heavy atom. The molecule has 2 N–H and O–H groups in total. The van der Waals surface area contributed by atoms with Crippen LogP contribution in [0.3, 0.4) is 0 Å². The van der Waals surface area contributed by atoms with Crippen molar-refractivity contribution in [3.05, 3.63) is 22.3 Å². The Morgan fingerprint density at radius 1 is 1.22 bits per heavy atom. The van der Waals surface area contributed by atoms with Crippen LogP contribution in [0.2, 0.25) is 0 Å². The van der Waals surface area contributed by atoms with Crippen molar-refractivity contribution >= 4 is 11.8 Å². The average Bonchev–Trinajstić information content (AvgIpc) is 3.15. The number of methoxy groups -OCH3 is 1. The second kappa shape index (κ2) is 3.48. The molecule has 1 aromatic carbocycles. The van der Waals surface area contributed by atoms with Crippen molar-refractivity contribution in [2.75, 3.05) is 7.11 Å². The summed E-state index contributed by atoms with van der Waals surface area (Å²) < 4.78 is 4.58. The zero-order valence-electron chi connectivity index (χ0n) is 9.82. The molecule has 0 amide bonds. The molecule has 3 rings (SSSR count). The quantitative estimate of drug-likeness (QED) is 0.445. The number of fused-ring (bicyclic) bond motifs is 2. The molecule has 0 aliphatic heterocycles. The van der Waals surface area contributed by atoms with E-state index in [1.54, 1.807) is 0 Å². The van der Waals surface area contributed by atoms with E-state index in [0.29, 0.717) is 30.4 Å². The number of ketones is 1. The average molecular weight is 248 g/mol. The van der Waals surface area contributed by atoms with Gasteiger partial charge in [-0.15, -0.1) is 0 Å². The number of hydrogen-bond donors (Lipinski definition) is 2. The number of hydrogen-bond acceptors (Lipinski definition) is 5. The van der Waals surface area contributed by atoms with Crippen LogP contribution in [-0.2, 0) is 22.4 Å². The third kappa shape index (κ3) is 1.27. The number of rotatable bonds is 1. The van der Waals surface area contributed by atoms with Gasteiger partial charge in [0, 0.05) is 23.1 Å². The van der Waals surface area contributed by atoms with Gasteiger partial charge in [-0.3, -0.25) is 9.59 Å². The maximum atomic E-state index is 12.2. The van der Waals surface area contributed by atoms with Gasteiger partial charge in [-0.25, -0.2) is 0 Å². The summed E-state index contributed by atoms with van der Waals surface area (Å²) >= 11 is 0. The van der Waals surface area contributed by atoms with Crippen molar-refractivity contribution in [1.29, 1.82) is 0 Å². The second-order valence-electron chi connectivity index (χ2n) is 4.66. The molecule has 0 saturated heterocycles. The smallest absolute Gasteiger partial charge is 0.316 e. The Bertz CT molecular complexity index is 588. The van der Waals surface area contributed by atoms with Crippen molar-refractivity contribution in [1.82, 2.24) is 0 Å². The Kier molecular flexibility index (Phi) is 2.14. The number of Topliss-reactive ketones (excluding diaryl/α,β-unsaturated/α-hetero) is 1. The molecule has 18 heavy (non-hydrogen) atoms. The summed E-state index contributed by atoms with van der Waals surface area (Å²) in [4.78, 5) is 23.7. The number of phenolic OH excluding ortho intramolecular Hbond substituents is 2. The van der Waals surface area contributed by atoms with Crippen molar-refractivity contribution in [3.8, 4) is 11.5 Å². The molecule has 0 saturated carbocycles. The highest BCUT2D eigenvalue weighted by atomic mass is 16.5. The maximum Gasteiger partial charge on any atom is 0.316 e. The van der Waals surface area contributed by atoms with Gasteiger partial charge in [0.05, 0.1) is 12.7 Å². The van der Waals surface area contributed by atoms with Gasteiger partial charge in [0.15, 0.2) is 5.78 Å². The molecular formula is C13H12O5.